The lowest BCUT2D eigenvalue weighted by Crippen LogP contribution is -2.25. The first-order valence-corrected chi connectivity index (χ1v) is 14.0. The molecule has 1 aromatic heterocycles. The number of nitro benzene ring substituents is 1. The molecule has 0 N–H and O–H groups in total. The molecule has 9 nitrogen and oxygen atoms in total. The van der Waals surface area contributed by atoms with E-state index in [9.17, 15) is 14.9 Å². The van der Waals surface area contributed by atoms with Gasteiger partial charge < -0.3 is 9.47 Å². The number of hydrogen-bond acceptors (Lipinski definition) is 7. The molecule has 40 heavy (non-hydrogen) atoms. The molecule has 0 amide bonds. The summed E-state index contributed by atoms with van der Waals surface area (Å²) in [7, 11) is 1.41. The molecular weight excluding hydrogens is 600 g/mol. The summed E-state index contributed by atoms with van der Waals surface area (Å²) in [5.74, 6) is 0.862. The molecule has 1 aliphatic carbocycles. The molecule has 3 aromatic carbocycles. The van der Waals surface area contributed by atoms with E-state index < -0.39 is 4.92 Å². The van der Waals surface area contributed by atoms with Gasteiger partial charge >= 0.3 is 5.69 Å². The van der Waals surface area contributed by atoms with Crippen molar-refractivity contribution in [1.29, 1.82) is 0 Å². The van der Waals surface area contributed by atoms with Crippen molar-refractivity contribution in [1.82, 2.24) is 9.66 Å². The summed E-state index contributed by atoms with van der Waals surface area (Å²) in [5.41, 5.74) is 1.19. The Morgan fingerprint density at radius 3 is 2.60 bits per heavy atom. The molecule has 206 valence electrons. The normalized spacial score (nSPS) is 14.1. The SMILES string of the molecule is COc1cc(C=Nn2c(C3CCCCC3)nc3ccc(Br)cc3c2=O)cc([N+](=O)[O-])c1OCc1ccc(Cl)cc1. The average molecular weight is 626 g/mol. The number of nitro groups is 1. The highest BCUT2D eigenvalue weighted by Crippen LogP contribution is 2.39. The van der Waals surface area contributed by atoms with Crippen molar-refractivity contribution in [2.45, 2.75) is 44.6 Å². The number of aromatic nitrogens is 2. The van der Waals surface area contributed by atoms with E-state index >= 15 is 0 Å². The van der Waals surface area contributed by atoms with Crippen molar-refractivity contribution >= 4 is 50.3 Å². The summed E-state index contributed by atoms with van der Waals surface area (Å²) in [5, 5.41) is 17.5. The van der Waals surface area contributed by atoms with Crippen LogP contribution in [-0.2, 0) is 6.61 Å². The number of benzene rings is 3. The van der Waals surface area contributed by atoms with Crippen LogP contribution in [0, 0.1) is 10.1 Å². The Balaban J connectivity index is 1.54. The van der Waals surface area contributed by atoms with Crippen LogP contribution in [0.5, 0.6) is 11.5 Å². The van der Waals surface area contributed by atoms with E-state index in [1.165, 1.54) is 24.1 Å². The number of rotatable bonds is 8. The summed E-state index contributed by atoms with van der Waals surface area (Å²) in [6, 6.07) is 15.3. The van der Waals surface area contributed by atoms with Crippen molar-refractivity contribution in [3.8, 4) is 11.5 Å². The minimum absolute atomic E-state index is 0.00289. The highest BCUT2D eigenvalue weighted by Gasteiger charge is 2.24. The molecule has 4 aromatic rings. The molecule has 0 spiro atoms. The van der Waals surface area contributed by atoms with Gasteiger partial charge in [-0.3, -0.25) is 14.9 Å². The summed E-state index contributed by atoms with van der Waals surface area (Å²) >= 11 is 9.37. The number of methoxy groups -OCH3 is 1. The summed E-state index contributed by atoms with van der Waals surface area (Å²) in [6.45, 7) is 0.0836. The molecule has 0 atom stereocenters. The van der Waals surface area contributed by atoms with Gasteiger partial charge in [0.15, 0.2) is 5.75 Å². The zero-order chi connectivity index (χ0) is 28.2. The zero-order valence-electron chi connectivity index (χ0n) is 21.7. The maximum Gasteiger partial charge on any atom is 0.315 e. The van der Waals surface area contributed by atoms with Crippen LogP contribution in [-0.4, -0.2) is 27.9 Å². The highest BCUT2D eigenvalue weighted by molar-refractivity contribution is 9.10. The summed E-state index contributed by atoms with van der Waals surface area (Å²) < 4.78 is 13.4. The first-order chi connectivity index (χ1) is 19.3. The third-order valence-corrected chi connectivity index (χ3v) is 7.64. The molecule has 1 fully saturated rings. The zero-order valence-corrected chi connectivity index (χ0v) is 24.0. The van der Waals surface area contributed by atoms with E-state index in [1.807, 2.05) is 12.1 Å². The summed E-state index contributed by atoms with van der Waals surface area (Å²) in [4.78, 5) is 29.9. The molecule has 0 unspecified atom stereocenters. The average Bonchev–Trinajstić information content (AvgIpc) is 2.96. The van der Waals surface area contributed by atoms with Crippen LogP contribution >= 0.6 is 27.5 Å². The molecule has 0 aliphatic heterocycles. The maximum atomic E-state index is 13.6. The standard InChI is InChI=1S/C29H26BrClN4O5/c1-39-26-14-19(13-25(35(37)38)27(26)40-17-18-7-10-22(31)11-8-18)16-32-34-28(20-5-3-2-4-6-20)33-24-12-9-21(30)15-23(24)29(34)36/h7-16,20H,2-6,17H2,1H3. The Morgan fingerprint density at radius 2 is 1.90 bits per heavy atom. The smallest absolute Gasteiger partial charge is 0.315 e. The van der Waals surface area contributed by atoms with Crippen molar-refractivity contribution < 1.29 is 14.4 Å². The van der Waals surface area contributed by atoms with Crippen LogP contribution in [0.4, 0.5) is 5.69 Å². The van der Waals surface area contributed by atoms with Crippen molar-refractivity contribution in [2.75, 3.05) is 7.11 Å². The van der Waals surface area contributed by atoms with Gasteiger partial charge in [-0.25, -0.2) is 4.98 Å². The molecular formula is C29H26BrClN4O5. The lowest BCUT2D eigenvalue weighted by atomic mass is 9.88. The molecule has 5 rings (SSSR count). The first-order valence-electron chi connectivity index (χ1n) is 12.8. The predicted octanol–water partition coefficient (Wildman–Crippen LogP) is 7.24. The Hall–Kier alpha value is -3.76. The van der Waals surface area contributed by atoms with Gasteiger partial charge in [0.05, 0.1) is 29.2 Å². The molecule has 0 saturated heterocycles. The lowest BCUT2D eigenvalue weighted by Gasteiger charge is -2.22. The third-order valence-electron chi connectivity index (χ3n) is 6.90. The van der Waals surface area contributed by atoms with E-state index in [2.05, 4.69) is 21.0 Å². The van der Waals surface area contributed by atoms with Crippen molar-refractivity contribution in [3.63, 3.8) is 0 Å². The second-order valence-electron chi connectivity index (χ2n) is 9.57. The second kappa shape index (κ2) is 12.2. The fraction of sp³-hybridized carbons (Fsp3) is 0.276. The largest absolute Gasteiger partial charge is 0.493 e. The Bertz CT molecular complexity index is 1650. The molecule has 0 radical (unpaired) electrons. The maximum absolute atomic E-state index is 13.6. The van der Waals surface area contributed by atoms with Crippen LogP contribution in [0.15, 0.2) is 69.0 Å². The highest BCUT2D eigenvalue weighted by atomic mass is 79.9. The fourth-order valence-corrected chi connectivity index (χ4v) is 5.37. The number of ether oxygens (including phenoxy) is 2. The first kappa shape index (κ1) is 27.8. The van der Waals surface area contributed by atoms with E-state index in [1.54, 1.807) is 36.4 Å². The van der Waals surface area contributed by atoms with Gasteiger partial charge in [0.25, 0.3) is 5.56 Å². The van der Waals surface area contributed by atoms with Gasteiger partial charge in [0.2, 0.25) is 5.75 Å². The van der Waals surface area contributed by atoms with Gasteiger partial charge in [-0.2, -0.15) is 9.78 Å². The minimum Gasteiger partial charge on any atom is -0.493 e. The van der Waals surface area contributed by atoms with E-state index in [4.69, 9.17) is 26.1 Å². The molecule has 1 heterocycles. The van der Waals surface area contributed by atoms with Crippen LogP contribution in [0.25, 0.3) is 10.9 Å². The van der Waals surface area contributed by atoms with Crippen LogP contribution in [0.2, 0.25) is 5.02 Å². The minimum atomic E-state index is -0.536. The Labute approximate surface area is 243 Å². The van der Waals surface area contributed by atoms with Crippen molar-refractivity contribution in [2.24, 2.45) is 5.10 Å². The van der Waals surface area contributed by atoms with Gasteiger partial charge in [-0.15, -0.1) is 0 Å². The predicted molar refractivity (Wildman–Crippen MR) is 158 cm³/mol. The van der Waals surface area contributed by atoms with Gasteiger partial charge in [0, 0.05) is 27.0 Å². The van der Waals surface area contributed by atoms with E-state index in [0.717, 1.165) is 42.1 Å². The Morgan fingerprint density at radius 1 is 1.15 bits per heavy atom. The van der Waals surface area contributed by atoms with Gasteiger partial charge in [-0.05, 0) is 54.8 Å². The molecule has 11 heteroatoms. The number of halogens is 2. The van der Waals surface area contributed by atoms with Gasteiger partial charge in [-0.1, -0.05) is 58.9 Å². The van der Waals surface area contributed by atoms with Crippen LogP contribution in [0.1, 0.15) is 55.0 Å². The van der Waals surface area contributed by atoms with Gasteiger partial charge in [0.1, 0.15) is 12.4 Å². The number of hydrogen-bond donors (Lipinski definition) is 0. The molecule has 1 saturated carbocycles. The molecule has 1 aliphatic rings. The quantitative estimate of drug-likeness (QED) is 0.116. The Kier molecular flexibility index (Phi) is 8.46. The number of nitrogens with zero attached hydrogens (tertiary/aromatic N) is 4. The fourth-order valence-electron chi connectivity index (χ4n) is 4.88. The van der Waals surface area contributed by atoms with Crippen LogP contribution in [0.3, 0.4) is 0 Å². The summed E-state index contributed by atoms with van der Waals surface area (Å²) in [6.07, 6.45) is 6.52. The van der Waals surface area contributed by atoms with E-state index in [-0.39, 0.29) is 35.3 Å². The van der Waals surface area contributed by atoms with Crippen LogP contribution < -0.4 is 15.0 Å². The topological polar surface area (TPSA) is 109 Å². The monoisotopic (exact) mass is 624 g/mol. The number of fused-ring (bicyclic) bond motifs is 1. The third kappa shape index (κ3) is 6.03. The lowest BCUT2D eigenvalue weighted by molar-refractivity contribution is -0.386. The van der Waals surface area contributed by atoms with E-state index in [0.29, 0.717) is 27.3 Å². The second-order valence-corrected chi connectivity index (χ2v) is 10.9. The van der Waals surface area contributed by atoms with Crippen molar-refractivity contribution in [3.05, 3.63) is 102 Å². The molecule has 0 bridgehead atoms.